The summed E-state index contributed by atoms with van der Waals surface area (Å²) in [7, 11) is 0. The van der Waals surface area contributed by atoms with Crippen LogP contribution in [-0.4, -0.2) is 28.7 Å². The third-order valence-corrected chi connectivity index (χ3v) is 2.40. The van der Waals surface area contributed by atoms with E-state index in [9.17, 15) is 0 Å². The highest BCUT2D eigenvalue weighted by Gasteiger charge is 2.41. The number of guanidine groups is 1. The molecule has 1 atom stereocenters. The lowest BCUT2D eigenvalue weighted by atomic mass is 10.6. The van der Waals surface area contributed by atoms with Crippen molar-refractivity contribution in [3.8, 4) is 0 Å². The molecule has 2 heterocycles. The van der Waals surface area contributed by atoms with Gasteiger partial charge in [-0.25, -0.2) is 9.98 Å². The molecule has 0 radical (unpaired) electrons. The monoisotopic (exact) mass is 195 g/mol. The first-order valence-corrected chi connectivity index (χ1v) is 4.74. The van der Waals surface area contributed by atoms with Gasteiger partial charge in [-0.05, 0) is 13.8 Å². The second-order valence-corrected chi connectivity index (χ2v) is 3.19. The van der Waals surface area contributed by atoms with Crippen LogP contribution < -0.4 is 15.9 Å². The molecule has 0 amide bonds. The number of aliphatic imine (C=N–C) groups is 1. The average molecular weight is 195 g/mol. The van der Waals surface area contributed by atoms with E-state index < -0.39 is 0 Å². The number of nitrogens with one attached hydrogen (secondary N) is 1. The van der Waals surface area contributed by atoms with Gasteiger partial charge in [0, 0.05) is 6.54 Å². The van der Waals surface area contributed by atoms with Gasteiger partial charge in [-0.1, -0.05) is 4.70 Å². The molecule has 6 heteroatoms. The van der Waals surface area contributed by atoms with Crippen molar-refractivity contribution in [2.24, 2.45) is 10.8 Å². The zero-order valence-corrected chi connectivity index (χ0v) is 8.44. The van der Waals surface area contributed by atoms with E-state index in [0.29, 0.717) is 0 Å². The van der Waals surface area contributed by atoms with Crippen LogP contribution in [0.1, 0.15) is 13.8 Å². The van der Waals surface area contributed by atoms with Crippen LogP contribution in [0.15, 0.2) is 17.5 Å². The number of quaternary nitrogens is 1. The Bertz CT molecular complexity index is 368. The highest BCUT2D eigenvalue weighted by atomic mass is 15.9. The Balaban J connectivity index is 2.47. The highest BCUT2D eigenvalue weighted by Crippen LogP contribution is 2.18. The van der Waals surface area contributed by atoms with Gasteiger partial charge in [0.25, 0.3) is 0 Å². The van der Waals surface area contributed by atoms with Gasteiger partial charge in [-0.3, -0.25) is 5.32 Å². The van der Waals surface area contributed by atoms with Crippen LogP contribution in [-0.2, 0) is 0 Å². The molecular weight excluding hydrogens is 180 g/mol. The van der Waals surface area contributed by atoms with Crippen molar-refractivity contribution < 1.29 is 0 Å². The van der Waals surface area contributed by atoms with Gasteiger partial charge in [0.15, 0.2) is 12.1 Å². The van der Waals surface area contributed by atoms with Crippen LogP contribution >= 0.6 is 0 Å². The summed E-state index contributed by atoms with van der Waals surface area (Å²) >= 11 is 0. The minimum atomic E-state index is 0.156. The molecule has 1 aliphatic heterocycles. The van der Waals surface area contributed by atoms with Crippen LogP contribution in [0.4, 0.5) is 5.82 Å². The van der Waals surface area contributed by atoms with Crippen molar-refractivity contribution in [3.05, 3.63) is 12.5 Å². The van der Waals surface area contributed by atoms with Crippen molar-refractivity contribution in [3.63, 3.8) is 0 Å². The Hall–Kier alpha value is -1.40. The van der Waals surface area contributed by atoms with Gasteiger partial charge in [-0.15, -0.1) is 10.5 Å². The maximum Gasteiger partial charge on any atom is 0.349 e. The second kappa shape index (κ2) is 3.07. The molecule has 0 aromatic carbocycles. The molecule has 14 heavy (non-hydrogen) atoms. The van der Waals surface area contributed by atoms with Crippen LogP contribution in [0.3, 0.4) is 0 Å². The van der Waals surface area contributed by atoms with Crippen molar-refractivity contribution in [2.75, 3.05) is 18.4 Å². The number of rotatable bonds is 2. The third kappa shape index (κ3) is 1.04. The first kappa shape index (κ1) is 9.17. The summed E-state index contributed by atoms with van der Waals surface area (Å²) in [5.41, 5.74) is 0. The molecule has 3 N–H and O–H groups in total. The molecule has 0 spiro atoms. The van der Waals surface area contributed by atoms with E-state index in [0.717, 1.165) is 24.9 Å². The first-order chi connectivity index (χ1) is 6.72. The van der Waals surface area contributed by atoms with Gasteiger partial charge >= 0.3 is 5.96 Å². The summed E-state index contributed by atoms with van der Waals surface area (Å²) in [4.78, 5) is 8.37. The van der Waals surface area contributed by atoms with E-state index in [1.165, 1.54) is 0 Å². The van der Waals surface area contributed by atoms with Crippen LogP contribution in [0.25, 0.3) is 0 Å². The smallest absolute Gasteiger partial charge is 0.270 e. The maximum absolute atomic E-state index is 6.21. The molecular formula is C8H15N6+. The van der Waals surface area contributed by atoms with E-state index in [2.05, 4.69) is 15.3 Å². The van der Waals surface area contributed by atoms with Crippen molar-refractivity contribution in [2.45, 2.75) is 13.8 Å². The molecule has 0 bridgehead atoms. The Labute approximate surface area is 82.6 Å². The summed E-state index contributed by atoms with van der Waals surface area (Å²) in [5, 5.41) is 3.15. The number of aromatic nitrogens is 2. The fourth-order valence-electron chi connectivity index (χ4n) is 1.59. The number of nitrogens with zero attached hydrogens (tertiary/aromatic N) is 4. The Morgan fingerprint density at radius 2 is 2.43 bits per heavy atom. The van der Waals surface area contributed by atoms with E-state index in [-0.39, 0.29) is 4.70 Å². The predicted molar refractivity (Wildman–Crippen MR) is 56.1 cm³/mol. The summed E-state index contributed by atoms with van der Waals surface area (Å²) < 4.78 is 2.03. The van der Waals surface area contributed by atoms with Crippen molar-refractivity contribution in [1.29, 1.82) is 0 Å². The minimum Gasteiger partial charge on any atom is -0.270 e. The molecule has 0 fully saturated rings. The molecule has 6 nitrogen and oxygen atoms in total. The number of hydrogen-bond acceptors (Lipinski definition) is 3. The quantitative estimate of drug-likeness (QED) is 0.516. The summed E-state index contributed by atoms with van der Waals surface area (Å²) in [6.45, 7) is 5.45. The number of hydrogen-bond donors (Lipinski definition) is 2. The number of fused-ring (bicyclic) bond motifs is 1. The Kier molecular flexibility index (Phi) is 2.01. The number of anilines is 1. The highest BCUT2D eigenvalue weighted by molar-refractivity contribution is 5.99. The maximum atomic E-state index is 6.21. The van der Waals surface area contributed by atoms with E-state index in [4.69, 9.17) is 5.84 Å². The Morgan fingerprint density at radius 3 is 3.07 bits per heavy atom. The molecule has 0 aliphatic carbocycles. The summed E-state index contributed by atoms with van der Waals surface area (Å²) in [5.74, 6) is 7.87. The van der Waals surface area contributed by atoms with Crippen LogP contribution in [0, 0.1) is 0 Å². The van der Waals surface area contributed by atoms with E-state index in [1.807, 2.05) is 18.5 Å². The molecule has 1 aromatic heterocycles. The topological polar surface area (TPSA) is 68.2 Å². The van der Waals surface area contributed by atoms with Crippen LogP contribution in [0.2, 0.25) is 0 Å². The fraction of sp³-hybridized carbons (Fsp3) is 0.500. The summed E-state index contributed by atoms with van der Waals surface area (Å²) in [6.07, 6.45) is 3.46. The van der Waals surface area contributed by atoms with Crippen molar-refractivity contribution >= 4 is 11.8 Å². The standard InChI is InChI=1S/C8H15N6/c1-3-11-8-12-7-5-10-6-13(7)14(8,9)4-2/h5-6H,3-4,9H2,1-2H3,(H,11,12)/q+1. The molecule has 2 rings (SSSR count). The summed E-state index contributed by atoms with van der Waals surface area (Å²) in [6, 6.07) is 0. The van der Waals surface area contributed by atoms with Crippen LogP contribution in [0.5, 0.6) is 0 Å². The fourth-order valence-corrected chi connectivity index (χ4v) is 1.59. The second-order valence-electron chi connectivity index (χ2n) is 3.19. The third-order valence-electron chi connectivity index (χ3n) is 2.40. The molecule has 76 valence electrons. The first-order valence-electron chi connectivity index (χ1n) is 4.74. The zero-order chi connectivity index (χ0) is 10.2. The SMILES string of the molecule is CCN=C1Nc2cncn2[N+]1(N)CC. The minimum absolute atomic E-state index is 0.156. The van der Waals surface area contributed by atoms with Crippen molar-refractivity contribution in [1.82, 2.24) is 14.4 Å². The average Bonchev–Trinajstić information content (AvgIpc) is 2.72. The van der Waals surface area contributed by atoms with Gasteiger partial charge in [0.1, 0.15) is 6.54 Å². The predicted octanol–water partition coefficient (Wildman–Crippen LogP) is 0.0170. The van der Waals surface area contributed by atoms with Gasteiger partial charge in [-0.2, -0.15) is 0 Å². The van der Waals surface area contributed by atoms with E-state index >= 15 is 0 Å². The molecule has 1 aliphatic rings. The number of nitrogens with two attached hydrogens (primary N) is 1. The lowest BCUT2D eigenvalue weighted by molar-refractivity contribution is 0.262. The van der Waals surface area contributed by atoms with Gasteiger partial charge in [0.05, 0.1) is 6.20 Å². The lowest BCUT2D eigenvalue weighted by Gasteiger charge is -2.24. The molecule has 1 unspecified atom stereocenters. The number of imidazole rings is 1. The zero-order valence-electron chi connectivity index (χ0n) is 8.44. The van der Waals surface area contributed by atoms with E-state index in [1.54, 1.807) is 12.5 Å². The normalized spacial score (nSPS) is 27.8. The van der Waals surface area contributed by atoms with Gasteiger partial charge < -0.3 is 0 Å². The Morgan fingerprint density at radius 1 is 1.64 bits per heavy atom. The largest absolute Gasteiger partial charge is 0.349 e. The molecule has 0 saturated carbocycles. The lowest BCUT2D eigenvalue weighted by Crippen LogP contribution is -2.65. The molecule has 1 aromatic rings. The molecule has 0 saturated heterocycles. The van der Waals surface area contributed by atoms with Gasteiger partial charge in [0.2, 0.25) is 0 Å².